The van der Waals surface area contributed by atoms with Gasteiger partial charge in [-0.1, -0.05) is 0 Å². The number of esters is 1. The Balaban J connectivity index is 2.42. The monoisotopic (exact) mass is 216 g/mol. The third-order valence-corrected chi connectivity index (χ3v) is 1.81. The van der Waals surface area contributed by atoms with Crippen molar-refractivity contribution in [3.63, 3.8) is 0 Å². The van der Waals surface area contributed by atoms with Gasteiger partial charge in [0.2, 0.25) is 0 Å². The molecule has 6 nitrogen and oxygen atoms in total. The summed E-state index contributed by atoms with van der Waals surface area (Å²) in [5, 5.41) is 2.48. The summed E-state index contributed by atoms with van der Waals surface area (Å²) < 4.78 is 9.69. The fourth-order valence-corrected chi connectivity index (χ4v) is 1.13. The van der Waals surface area contributed by atoms with Gasteiger partial charge in [-0.2, -0.15) is 0 Å². The molecule has 1 saturated heterocycles. The van der Waals surface area contributed by atoms with Crippen LogP contribution in [-0.2, 0) is 14.3 Å². The van der Waals surface area contributed by atoms with Gasteiger partial charge in [0.15, 0.2) is 0 Å². The number of amides is 1. The Bertz CT molecular complexity index is 272. The minimum atomic E-state index is -0.808. The molecule has 15 heavy (non-hydrogen) atoms. The molecule has 1 fully saturated rings. The number of alkyl carbamates (subject to hydrolysis) is 1. The van der Waals surface area contributed by atoms with Gasteiger partial charge in [-0.3, -0.25) is 4.79 Å². The smallest absolute Gasteiger partial charge is 0.408 e. The van der Waals surface area contributed by atoms with Gasteiger partial charge in [0.05, 0.1) is 6.04 Å². The zero-order valence-corrected chi connectivity index (χ0v) is 9.07. The number of carbonyl (C=O) groups excluding carboxylic acids is 2. The molecule has 0 spiro atoms. The Morgan fingerprint density at radius 2 is 2.20 bits per heavy atom. The molecule has 1 aliphatic rings. The molecule has 3 N–H and O–H groups in total. The van der Waals surface area contributed by atoms with Crippen LogP contribution in [0.2, 0.25) is 0 Å². The van der Waals surface area contributed by atoms with Crippen molar-refractivity contribution < 1.29 is 19.1 Å². The number of cyclic esters (lactones) is 1. The molecule has 6 heteroatoms. The largest absolute Gasteiger partial charge is 0.462 e. The van der Waals surface area contributed by atoms with E-state index < -0.39 is 29.7 Å². The van der Waals surface area contributed by atoms with Gasteiger partial charge in [0, 0.05) is 0 Å². The highest BCUT2D eigenvalue weighted by Crippen LogP contribution is 2.09. The number of ether oxygens (including phenoxy) is 2. The topological polar surface area (TPSA) is 90.6 Å². The molecular weight excluding hydrogens is 200 g/mol. The number of hydrogen-bond donors (Lipinski definition) is 2. The summed E-state index contributed by atoms with van der Waals surface area (Å²) >= 11 is 0. The van der Waals surface area contributed by atoms with E-state index in [0.717, 1.165) is 0 Å². The first-order chi connectivity index (χ1) is 6.79. The van der Waals surface area contributed by atoms with Crippen LogP contribution in [0.25, 0.3) is 0 Å². The van der Waals surface area contributed by atoms with Crippen LogP contribution in [-0.4, -0.2) is 36.4 Å². The predicted octanol–water partition coefficient (Wildman–Crippen LogP) is -0.236. The summed E-state index contributed by atoms with van der Waals surface area (Å²) in [7, 11) is 0. The SMILES string of the molecule is CC(C)(C)OC(=O)NC1COC(=O)C1N. The minimum Gasteiger partial charge on any atom is -0.462 e. The molecule has 1 amide bonds. The fourth-order valence-electron chi connectivity index (χ4n) is 1.13. The normalized spacial score (nSPS) is 26.0. The Kier molecular flexibility index (Phi) is 3.18. The third-order valence-electron chi connectivity index (χ3n) is 1.81. The fraction of sp³-hybridized carbons (Fsp3) is 0.778. The van der Waals surface area contributed by atoms with Gasteiger partial charge in [-0.15, -0.1) is 0 Å². The maximum absolute atomic E-state index is 11.3. The Labute approximate surface area is 88.1 Å². The van der Waals surface area contributed by atoms with Crippen molar-refractivity contribution in [2.24, 2.45) is 5.73 Å². The summed E-state index contributed by atoms with van der Waals surface area (Å²) in [4.78, 5) is 22.2. The standard InChI is InChI=1S/C9H16N2O4/c1-9(2,3)15-8(13)11-5-4-14-7(12)6(5)10/h5-6H,4,10H2,1-3H3,(H,11,13). The van der Waals surface area contributed by atoms with E-state index in [-0.39, 0.29) is 6.61 Å². The summed E-state index contributed by atoms with van der Waals surface area (Å²) in [6, 6.07) is -1.31. The second-order valence-electron chi connectivity index (χ2n) is 4.41. The molecule has 0 aromatic rings. The molecule has 0 aromatic heterocycles. The first-order valence-corrected chi connectivity index (χ1v) is 4.71. The number of rotatable bonds is 1. The lowest BCUT2D eigenvalue weighted by Crippen LogP contribution is -2.49. The van der Waals surface area contributed by atoms with E-state index in [9.17, 15) is 9.59 Å². The Hall–Kier alpha value is -1.30. The molecule has 0 bridgehead atoms. The van der Waals surface area contributed by atoms with E-state index in [0.29, 0.717) is 0 Å². The van der Waals surface area contributed by atoms with Gasteiger partial charge in [-0.05, 0) is 20.8 Å². The molecule has 86 valence electrons. The van der Waals surface area contributed by atoms with Crippen molar-refractivity contribution in [2.45, 2.75) is 38.5 Å². The Morgan fingerprint density at radius 3 is 2.60 bits per heavy atom. The van der Waals surface area contributed by atoms with Crippen molar-refractivity contribution in [1.82, 2.24) is 5.32 Å². The maximum Gasteiger partial charge on any atom is 0.408 e. The molecule has 2 atom stereocenters. The molecule has 2 unspecified atom stereocenters. The van der Waals surface area contributed by atoms with Crippen LogP contribution in [0.4, 0.5) is 4.79 Å². The molecule has 0 aromatic carbocycles. The summed E-state index contributed by atoms with van der Waals surface area (Å²) in [6.07, 6.45) is -0.596. The molecule has 0 saturated carbocycles. The molecule has 1 heterocycles. The van der Waals surface area contributed by atoms with E-state index in [1.54, 1.807) is 20.8 Å². The first-order valence-electron chi connectivity index (χ1n) is 4.71. The lowest BCUT2D eigenvalue weighted by atomic mass is 10.2. The highest BCUT2D eigenvalue weighted by Gasteiger charge is 2.35. The van der Waals surface area contributed by atoms with E-state index in [4.69, 9.17) is 10.5 Å². The van der Waals surface area contributed by atoms with E-state index in [1.165, 1.54) is 0 Å². The average molecular weight is 216 g/mol. The number of hydrogen-bond acceptors (Lipinski definition) is 5. The van der Waals surface area contributed by atoms with Crippen LogP contribution in [0.3, 0.4) is 0 Å². The average Bonchev–Trinajstić information content (AvgIpc) is 2.32. The first kappa shape index (κ1) is 11.8. The predicted molar refractivity (Wildman–Crippen MR) is 52.1 cm³/mol. The number of nitrogens with two attached hydrogens (primary N) is 1. The van der Waals surface area contributed by atoms with Crippen LogP contribution in [0, 0.1) is 0 Å². The van der Waals surface area contributed by atoms with Crippen molar-refractivity contribution >= 4 is 12.1 Å². The van der Waals surface area contributed by atoms with E-state index >= 15 is 0 Å². The lowest BCUT2D eigenvalue weighted by molar-refractivity contribution is -0.139. The molecule has 1 aliphatic heterocycles. The van der Waals surface area contributed by atoms with Crippen LogP contribution in [0.15, 0.2) is 0 Å². The Morgan fingerprint density at radius 1 is 1.60 bits per heavy atom. The third kappa shape index (κ3) is 3.39. The van der Waals surface area contributed by atoms with Gasteiger partial charge < -0.3 is 20.5 Å². The maximum atomic E-state index is 11.3. The molecular formula is C9H16N2O4. The second-order valence-corrected chi connectivity index (χ2v) is 4.41. The quantitative estimate of drug-likeness (QED) is 0.590. The van der Waals surface area contributed by atoms with E-state index in [1.807, 2.05) is 0 Å². The number of carbonyl (C=O) groups is 2. The molecule has 0 aliphatic carbocycles. The summed E-state index contributed by atoms with van der Waals surface area (Å²) in [5.41, 5.74) is 4.92. The van der Waals surface area contributed by atoms with E-state index in [2.05, 4.69) is 10.1 Å². The van der Waals surface area contributed by atoms with Gasteiger partial charge in [0.1, 0.15) is 18.2 Å². The molecule has 0 radical (unpaired) electrons. The van der Waals surface area contributed by atoms with Crippen LogP contribution in [0.1, 0.15) is 20.8 Å². The second kappa shape index (κ2) is 4.06. The minimum absolute atomic E-state index is 0.0965. The van der Waals surface area contributed by atoms with Crippen molar-refractivity contribution in [3.05, 3.63) is 0 Å². The number of nitrogens with one attached hydrogen (secondary N) is 1. The molecule has 1 rings (SSSR count). The van der Waals surface area contributed by atoms with Gasteiger partial charge in [-0.25, -0.2) is 4.79 Å². The summed E-state index contributed by atoms with van der Waals surface area (Å²) in [6.45, 7) is 5.35. The van der Waals surface area contributed by atoms with Crippen molar-refractivity contribution in [1.29, 1.82) is 0 Å². The van der Waals surface area contributed by atoms with Crippen molar-refractivity contribution in [2.75, 3.05) is 6.61 Å². The van der Waals surface area contributed by atoms with Crippen LogP contribution in [0.5, 0.6) is 0 Å². The highest BCUT2D eigenvalue weighted by atomic mass is 16.6. The van der Waals surface area contributed by atoms with Gasteiger partial charge in [0.25, 0.3) is 0 Å². The van der Waals surface area contributed by atoms with Crippen LogP contribution >= 0.6 is 0 Å². The lowest BCUT2D eigenvalue weighted by Gasteiger charge is -2.21. The summed E-state index contributed by atoms with van der Waals surface area (Å²) in [5.74, 6) is -0.504. The zero-order chi connectivity index (χ0) is 11.6. The highest BCUT2D eigenvalue weighted by molar-refractivity contribution is 5.80. The van der Waals surface area contributed by atoms with Crippen LogP contribution < -0.4 is 11.1 Å². The zero-order valence-electron chi connectivity index (χ0n) is 9.07. The van der Waals surface area contributed by atoms with Gasteiger partial charge >= 0.3 is 12.1 Å². The van der Waals surface area contributed by atoms with Crippen molar-refractivity contribution in [3.8, 4) is 0 Å².